The predicted molar refractivity (Wildman–Crippen MR) is 77.5 cm³/mol. The second-order valence-corrected chi connectivity index (χ2v) is 7.48. The number of hydrogen-bond donors (Lipinski definition) is 2. The number of nitrogens with two attached hydrogens (primary N) is 1. The van der Waals surface area contributed by atoms with Crippen LogP contribution in [0.15, 0.2) is 34.5 Å². The molecule has 1 heterocycles. The topological polar surface area (TPSA) is 72.2 Å². The third-order valence-electron chi connectivity index (χ3n) is 2.75. The van der Waals surface area contributed by atoms with E-state index in [-0.39, 0.29) is 16.3 Å². The quantitative estimate of drug-likeness (QED) is 0.850. The van der Waals surface area contributed by atoms with Gasteiger partial charge in [-0.3, -0.25) is 0 Å². The van der Waals surface area contributed by atoms with Crippen molar-refractivity contribution >= 4 is 21.4 Å². The van der Waals surface area contributed by atoms with Crippen molar-refractivity contribution in [3.63, 3.8) is 0 Å². The maximum absolute atomic E-state index is 13.4. The lowest BCUT2D eigenvalue weighted by Crippen LogP contribution is -2.23. The van der Waals surface area contributed by atoms with E-state index in [2.05, 4.69) is 4.72 Å². The van der Waals surface area contributed by atoms with Crippen LogP contribution in [0.3, 0.4) is 0 Å². The zero-order valence-corrected chi connectivity index (χ0v) is 12.6. The van der Waals surface area contributed by atoms with Gasteiger partial charge in [0.2, 0.25) is 10.0 Å². The van der Waals surface area contributed by atoms with Gasteiger partial charge < -0.3 is 5.73 Å². The Morgan fingerprint density at radius 3 is 2.67 bits per heavy atom. The molecule has 0 aliphatic carbocycles. The van der Waals surface area contributed by atoms with Crippen molar-refractivity contribution in [3.8, 4) is 0 Å². The van der Waals surface area contributed by atoms with Crippen LogP contribution in [0.25, 0.3) is 0 Å². The fourth-order valence-corrected chi connectivity index (χ4v) is 4.12. The monoisotopic (exact) mass is 332 g/mol. The minimum atomic E-state index is -3.75. The van der Waals surface area contributed by atoms with E-state index in [0.717, 1.165) is 34.4 Å². The highest BCUT2D eigenvalue weighted by Gasteiger charge is 2.17. The van der Waals surface area contributed by atoms with Gasteiger partial charge in [0.05, 0.1) is 0 Å². The third kappa shape index (κ3) is 4.07. The van der Waals surface area contributed by atoms with Gasteiger partial charge in [-0.2, -0.15) is 0 Å². The molecule has 0 aliphatic heterocycles. The number of benzene rings is 1. The molecule has 0 unspecified atom stereocenters. The van der Waals surface area contributed by atoms with Crippen molar-refractivity contribution in [1.82, 2.24) is 4.72 Å². The molecule has 2 rings (SSSR count). The molecule has 4 nitrogen and oxygen atoms in total. The van der Waals surface area contributed by atoms with E-state index >= 15 is 0 Å². The fourth-order valence-electron chi connectivity index (χ4n) is 1.70. The molecule has 1 aromatic heterocycles. The highest BCUT2D eigenvalue weighted by Crippen LogP contribution is 2.22. The Hall–Kier alpha value is -1.35. The molecule has 0 spiro atoms. The minimum absolute atomic E-state index is 0.0442. The van der Waals surface area contributed by atoms with Crippen LogP contribution in [0.5, 0.6) is 0 Å². The number of halogens is 2. The second kappa shape index (κ2) is 6.61. The molecule has 21 heavy (non-hydrogen) atoms. The van der Waals surface area contributed by atoms with Gasteiger partial charge in [0.15, 0.2) is 0 Å². The average Bonchev–Trinajstić information content (AvgIpc) is 2.90. The molecule has 0 atom stereocenters. The largest absolute Gasteiger partial charge is 0.330 e. The summed E-state index contributed by atoms with van der Waals surface area (Å²) in [5, 5.41) is 0. The first kappa shape index (κ1) is 16.0. The summed E-state index contributed by atoms with van der Waals surface area (Å²) in [6.45, 7) is 0.123. The van der Waals surface area contributed by atoms with Crippen molar-refractivity contribution in [3.05, 3.63) is 52.4 Å². The summed E-state index contributed by atoms with van der Waals surface area (Å²) < 4.78 is 53.0. The van der Waals surface area contributed by atoms with E-state index in [0.29, 0.717) is 13.0 Å². The fraction of sp³-hybridized carbons (Fsp3) is 0.231. The van der Waals surface area contributed by atoms with Gasteiger partial charge in [-0.15, -0.1) is 11.3 Å². The van der Waals surface area contributed by atoms with E-state index < -0.39 is 21.7 Å². The standard InChI is InChI=1S/C13H14F2N2O2S2/c14-10-1-3-12(15)9(7-10)8-17-21(18,19)13-4-2-11(20-13)5-6-16/h1-4,7,17H,5-6,8,16H2. The summed E-state index contributed by atoms with van der Waals surface area (Å²) in [5.41, 5.74) is 5.36. The Balaban J connectivity index is 2.11. The molecule has 0 saturated heterocycles. The Bertz CT molecular complexity index is 730. The summed E-state index contributed by atoms with van der Waals surface area (Å²) in [6.07, 6.45) is 0.596. The second-order valence-electron chi connectivity index (χ2n) is 4.32. The molecule has 3 N–H and O–H groups in total. The van der Waals surface area contributed by atoms with Gasteiger partial charge in [-0.25, -0.2) is 21.9 Å². The van der Waals surface area contributed by atoms with Crippen LogP contribution in [0.2, 0.25) is 0 Å². The Morgan fingerprint density at radius 1 is 1.19 bits per heavy atom. The molecule has 0 aliphatic rings. The first-order valence-electron chi connectivity index (χ1n) is 6.15. The molecule has 1 aromatic carbocycles. The summed E-state index contributed by atoms with van der Waals surface area (Å²) in [5.74, 6) is -1.28. The number of thiophene rings is 1. The van der Waals surface area contributed by atoms with Gasteiger partial charge in [0.1, 0.15) is 15.8 Å². The summed E-state index contributed by atoms with van der Waals surface area (Å²) >= 11 is 1.11. The van der Waals surface area contributed by atoms with Crippen LogP contribution in [0.1, 0.15) is 10.4 Å². The van der Waals surface area contributed by atoms with E-state index in [9.17, 15) is 17.2 Å². The van der Waals surface area contributed by atoms with Crippen LogP contribution in [-0.4, -0.2) is 15.0 Å². The van der Waals surface area contributed by atoms with Crippen LogP contribution < -0.4 is 10.5 Å². The summed E-state index contributed by atoms with van der Waals surface area (Å²) in [4.78, 5) is 0.856. The van der Waals surface area contributed by atoms with Crippen LogP contribution in [0, 0.1) is 11.6 Å². The molecule has 0 radical (unpaired) electrons. The number of sulfonamides is 1. The minimum Gasteiger partial charge on any atom is -0.330 e. The number of hydrogen-bond acceptors (Lipinski definition) is 4. The molecule has 0 saturated carbocycles. The zero-order chi connectivity index (χ0) is 15.5. The summed E-state index contributed by atoms with van der Waals surface area (Å²) in [7, 11) is -3.75. The Morgan fingerprint density at radius 2 is 1.95 bits per heavy atom. The number of nitrogens with one attached hydrogen (secondary N) is 1. The molecular weight excluding hydrogens is 318 g/mol. The van der Waals surface area contributed by atoms with Crippen molar-refractivity contribution in [2.24, 2.45) is 5.73 Å². The molecule has 0 amide bonds. The lowest BCUT2D eigenvalue weighted by atomic mass is 10.2. The van der Waals surface area contributed by atoms with Crippen molar-refractivity contribution in [1.29, 1.82) is 0 Å². The highest BCUT2D eigenvalue weighted by molar-refractivity contribution is 7.91. The van der Waals surface area contributed by atoms with E-state index in [1.807, 2.05) is 0 Å². The van der Waals surface area contributed by atoms with E-state index in [1.165, 1.54) is 6.07 Å². The SMILES string of the molecule is NCCc1ccc(S(=O)(=O)NCc2cc(F)ccc2F)s1. The maximum Gasteiger partial charge on any atom is 0.250 e. The molecule has 2 aromatic rings. The maximum atomic E-state index is 13.4. The summed E-state index contributed by atoms with van der Waals surface area (Å²) in [6, 6.07) is 6.07. The molecule has 0 fully saturated rings. The van der Waals surface area contributed by atoms with Crippen LogP contribution in [-0.2, 0) is 23.0 Å². The third-order valence-corrected chi connectivity index (χ3v) is 5.79. The first-order chi connectivity index (χ1) is 9.92. The predicted octanol–water partition coefficient (Wildman–Crippen LogP) is 2.01. The van der Waals surface area contributed by atoms with E-state index in [1.54, 1.807) is 6.07 Å². The molecule has 8 heteroatoms. The molecule has 0 bridgehead atoms. The Labute approximate surface area is 125 Å². The van der Waals surface area contributed by atoms with Crippen molar-refractivity contribution in [2.45, 2.75) is 17.2 Å². The van der Waals surface area contributed by atoms with E-state index in [4.69, 9.17) is 5.73 Å². The normalized spacial score (nSPS) is 11.8. The smallest absolute Gasteiger partial charge is 0.250 e. The van der Waals surface area contributed by atoms with Crippen molar-refractivity contribution < 1.29 is 17.2 Å². The highest BCUT2D eigenvalue weighted by atomic mass is 32.2. The lowest BCUT2D eigenvalue weighted by molar-refractivity contribution is 0.568. The van der Waals surface area contributed by atoms with Gasteiger partial charge in [-0.05, 0) is 43.3 Å². The lowest BCUT2D eigenvalue weighted by Gasteiger charge is -2.06. The van der Waals surface area contributed by atoms with Crippen LogP contribution in [0.4, 0.5) is 8.78 Å². The molecular formula is C13H14F2N2O2S2. The van der Waals surface area contributed by atoms with Gasteiger partial charge in [0, 0.05) is 17.0 Å². The average molecular weight is 332 g/mol. The zero-order valence-electron chi connectivity index (χ0n) is 11.0. The number of rotatable bonds is 6. The van der Waals surface area contributed by atoms with Crippen molar-refractivity contribution in [2.75, 3.05) is 6.54 Å². The first-order valence-corrected chi connectivity index (χ1v) is 8.45. The Kier molecular flexibility index (Phi) is 5.04. The molecule has 114 valence electrons. The van der Waals surface area contributed by atoms with Gasteiger partial charge in [-0.1, -0.05) is 0 Å². The van der Waals surface area contributed by atoms with Crippen LogP contribution >= 0.6 is 11.3 Å². The van der Waals surface area contributed by atoms with Gasteiger partial charge >= 0.3 is 0 Å². The van der Waals surface area contributed by atoms with Gasteiger partial charge in [0.25, 0.3) is 0 Å².